The van der Waals surface area contributed by atoms with Gasteiger partial charge >= 0.3 is 4.87 Å². The van der Waals surface area contributed by atoms with E-state index in [1.54, 1.807) is 5.01 Å². The van der Waals surface area contributed by atoms with Gasteiger partial charge in [-0.2, -0.15) is 4.68 Å². The van der Waals surface area contributed by atoms with Crippen molar-refractivity contribution in [3.63, 3.8) is 0 Å². The topological polar surface area (TPSA) is 54.7 Å². The Bertz CT molecular complexity index is 340. The van der Waals surface area contributed by atoms with Gasteiger partial charge in [-0.3, -0.25) is 4.79 Å². The van der Waals surface area contributed by atoms with Gasteiger partial charge in [0.1, 0.15) is 0 Å². The van der Waals surface area contributed by atoms with Crippen LogP contribution in [0.15, 0.2) is 10.2 Å². The number of aromatic nitrogens is 1. The lowest BCUT2D eigenvalue weighted by atomic mass is 10.5. The van der Waals surface area contributed by atoms with Gasteiger partial charge in [-0.25, -0.2) is 0 Å². The largest absolute Gasteiger partial charge is 0.493 e. The van der Waals surface area contributed by atoms with Gasteiger partial charge in [0.15, 0.2) is 0 Å². The number of thiazole rings is 1. The zero-order valence-electron chi connectivity index (χ0n) is 6.97. The average molecular weight is 202 g/mol. The lowest BCUT2D eigenvalue weighted by Gasteiger charge is -2.28. The first-order valence-corrected chi connectivity index (χ1v) is 4.89. The molecule has 0 amide bonds. The zero-order valence-corrected chi connectivity index (χ0v) is 7.79. The number of nitrogens with zero attached hydrogens (tertiary/aromatic N) is 2. The first-order chi connectivity index (χ1) is 6.29. The molecule has 13 heavy (non-hydrogen) atoms. The van der Waals surface area contributed by atoms with E-state index in [-0.39, 0.29) is 10.8 Å². The van der Waals surface area contributed by atoms with Crippen molar-refractivity contribution in [3.8, 4) is 5.88 Å². The van der Waals surface area contributed by atoms with Crippen LogP contribution in [0.5, 0.6) is 5.88 Å². The molecule has 5 nitrogen and oxygen atoms in total. The molecule has 1 N–H and O–H groups in total. The lowest BCUT2D eigenvalue weighted by Crippen LogP contribution is -2.47. The molecule has 0 radical (unpaired) electrons. The van der Waals surface area contributed by atoms with Crippen LogP contribution < -0.4 is 9.88 Å². The van der Waals surface area contributed by atoms with E-state index < -0.39 is 0 Å². The quantitative estimate of drug-likeness (QED) is 0.672. The molecule has 0 unspecified atom stereocenters. The minimum atomic E-state index is -0.153. The van der Waals surface area contributed by atoms with Crippen molar-refractivity contribution in [2.24, 2.45) is 0 Å². The number of ether oxygens (including phenoxy) is 1. The van der Waals surface area contributed by atoms with Gasteiger partial charge in [-0.05, 0) is 0 Å². The van der Waals surface area contributed by atoms with E-state index in [1.165, 1.54) is 10.1 Å². The molecule has 1 fully saturated rings. The molecule has 0 aromatic carbocycles. The minimum absolute atomic E-state index is 0.0110. The molecule has 1 saturated heterocycles. The van der Waals surface area contributed by atoms with Crippen molar-refractivity contribution in [2.75, 3.05) is 31.3 Å². The number of hydrogen-bond donors (Lipinski definition) is 1. The molecule has 1 aromatic heterocycles. The molecule has 72 valence electrons. The van der Waals surface area contributed by atoms with Gasteiger partial charge in [0.25, 0.3) is 0 Å². The van der Waals surface area contributed by atoms with Crippen LogP contribution in [0.3, 0.4) is 0 Å². The Balaban J connectivity index is 2.27. The van der Waals surface area contributed by atoms with Crippen LogP contribution in [0.4, 0.5) is 0 Å². The van der Waals surface area contributed by atoms with Crippen molar-refractivity contribution < 1.29 is 9.84 Å². The summed E-state index contributed by atoms with van der Waals surface area (Å²) in [5.74, 6) is 0.0110. The standard InChI is InChI=1S/C7H10N2O3S/c10-6-5-13-7(11)9(6)8-1-3-12-4-2-8/h5,10H,1-4H2. The third-order valence-corrected chi connectivity index (χ3v) is 2.63. The van der Waals surface area contributed by atoms with Gasteiger partial charge in [-0.15, -0.1) is 0 Å². The van der Waals surface area contributed by atoms with Gasteiger partial charge in [0.2, 0.25) is 5.88 Å². The minimum Gasteiger partial charge on any atom is -0.493 e. The maximum absolute atomic E-state index is 11.3. The Hall–Kier alpha value is -1.01. The van der Waals surface area contributed by atoms with Crippen LogP contribution >= 0.6 is 11.3 Å². The summed E-state index contributed by atoms with van der Waals surface area (Å²) in [6.45, 7) is 2.48. The maximum Gasteiger partial charge on any atom is 0.328 e. The first kappa shape index (κ1) is 8.58. The molecule has 2 rings (SSSR count). The second-order valence-corrected chi connectivity index (χ2v) is 3.56. The van der Waals surface area contributed by atoms with Crippen molar-refractivity contribution >= 4 is 11.3 Å². The molecule has 0 aliphatic carbocycles. The Morgan fingerprint density at radius 3 is 2.69 bits per heavy atom. The highest BCUT2D eigenvalue weighted by Crippen LogP contribution is 2.10. The van der Waals surface area contributed by atoms with Crippen molar-refractivity contribution in [2.45, 2.75) is 0 Å². The molecular weight excluding hydrogens is 192 g/mol. The summed E-state index contributed by atoms with van der Waals surface area (Å²) in [5.41, 5.74) is 0. The van der Waals surface area contributed by atoms with Crippen LogP contribution in [0.25, 0.3) is 0 Å². The summed E-state index contributed by atoms with van der Waals surface area (Å²) in [7, 11) is 0. The molecule has 0 atom stereocenters. The predicted octanol–water partition coefficient (Wildman–Crippen LogP) is -0.416. The van der Waals surface area contributed by atoms with Crippen LogP contribution in [0, 0.1) is 0 Å². The Morgan fingerprint density at radius 1 is 1.46 bits per heavy atom. The highest BCUT2D eigenvalue weighted by Gasteiger charge is 2.15. The Morgan fingerprint density at radius 2 is 2.15 bits per heavy atom. The SMILES string of the molecule is O=c1scc(O)n1N1CCOCC1. The van der Waals surface area contributed by atoms with E-state index in [0.717, 1.165) is 11.3 Å². The molecule has 2 heterocycles. The fourth-order valence-electron chi connectivity index (χ4n) is 1.31. The smallest absolute Gasteiger partial charge is 0.328 e. The molecule has 6 heteroatoms. The highest BCUT2D eigenvalue weighted by molar-refractivity contribution is 7.07. The van der Waals surface area contributed by atoms with E-state index in [2.05, 4.69) is 0 Å². The van der Waals surface area contributed by atoms with Gasteiger partial charge in [0, 0.05) is 0 Å². The average Bonchev–Trinajstić information content (AvgIpc) is 2.48. The summed E-state index contributed by atoms with van der Waals surface area (Å²) in [6.07, 6.45) is 0. The zero-order chi connectivity index (χ0) is 9.26. The summed E-state index contributed by atoms with van der Waals surface area (Å²) < 4.78 is 6.44. The van der Waals surface area contributed by atoms with Crippen molar-refractivity contribution in [1.82, 2.24) is 4.68 Å². The number of rotatable bonds is 1. The first-order valence-electron chi connectivity index (χ1n) is 4.01. The van der Waals surface area contributed by atoms with E-state index in [1.807, 2.05) is 0 Å². The summed E-state index contributed by atoms with van der Waals surface area (Å²) >= 11 is 1.000. The third kappa shape index (κ3) is 1.54. The second kappa shape index (κ2) is 3.39. The number of hydrogen-bond acceptors (Lipinski definition) is 5. The third-order valence-electron chi connectivity index (χ3n) is 1.93. The highest BCUT2D eigenvalue weighted by atomic mass is 32.1. The summed E-state index contributed by atoms with van der Waals surface area (Å²) in [5, 5.41) is 12.6. The van der Waals surface area contributed by atoms with Crippen LogP contribution in [-0.2, 0) is 4.74 Å². The second-order valence-electron chi connectivity index (χ2n) is 2.74. The molecular formula is C7H10N2O3S. The molecule has 0 saturated carbocycles. The summed E-state index contributed by atoms with van der Waals surface area (Å²) in [4.78, 5) is 11.1. The van der Waals surface area contributed by atoms with Crippen molar-refractivity contribution in [3.05, 3.63) is 15.0 Å². The molecule has 1 aliphatic rings. The normalized spacial score (nSPS) is 17.7. The van der Waals surface area contributed by atoms with Crippen LogP contribution in [0.2, 0.25) is 0 Å². The summed E-state index contributed by atoms with van der Waals surface area (Å²) in [6, 6.07) is 0. The number of aromatic hydroxyl groups is 1. The van der Waals surface area contributed by atoms with Gasteiger partial charge in [-0.1, -0.05) is 11.3 Å². The molecule has 0 bridgehead atoms. The molecule has 0 spiro atoms. The fraction of sp³-hybridized carbons (Fsp3) is 0.571. The van der Waals surface area contributed by atoms with E-state index in [9.17, 15) is 9.90 Å². The Kier molecular flexibility index (Phi) is 2.24. The van der Waals surface area contributed by atoms with Crippen LogP contribution in [-0.4, -0.2) is 36.1 Å². The number of morpholine rings is 1. The monoisotopic (exact) mass is 202 g/mol. The van der Waals surface area contributed by atoms with Crippen molar-refractivity contribution in [1.29, 1.82) is 0 Å². The maximum atomic E-state index is 11.3. The molecule has 1 aromatic rings. The Labute approximate surface area is 78.8 Å². The predicted molar refractivity (Wildman–Crippen MR) is 49.0 cm³/mol. The van der Waals surface area contributed by atoms with E-state index in [0.29, 0.717) is 26.3 Å². The fourth-order valence-corrected chi connectivity index (χ4v) is 1.93. The van der Waals surface area contributed by atoms with E-state index in [4.69, 9.17) is 4.74 Å². The van der Waals surface area contributed by atoms with E-state index >= 15 is 0 Å². The van der Waals surface area contributed by atoms with Crippen LogP contribution in [0.1, 0.15) is 0 Å². The lowest BCUT2D eigenvalue weighted by molar-refractivity contribution is 0.109. The molecule has 1 aliphatic heterocycles. The van der Waals surface area contributed by atoms with Gasteiger partial charge < -0.3 is 14.9 Å². The van der Waals surface area contributed by atoms with Gasteiger partial charge in [0.05, 0.1) is 31.7 Å².